The standard InChI is InChI=1S/C17H24F3N3O2/c1-12-11-25-8-7-22(12)13-9-15(21(2)16(24)10-13)23-6-4-3-5-14(23)17(18,19)20/h9-10,12,14H,3-8,11H2,1-2H3. The Morgan fingerprint density at radius 2 is 1.92 bits per heavy atom. The van der Waals surface area contributed by atoms with E-state index in [1.807, 2.05) is 11.8 Å². The summed E-state index contributed by atoms with van der Waals surface area (Å²) in [5.41, 5.74) is 0.373. The number of alkyl halides is 3. The summed E-state index contributed by atoms with van der Waals surface area (Å²) in [6.45, 7) is 4.00. The van der Waals surface area contributed by atoms with E-state index in [-0.39, 0.29) is 18.0 Å². The van der Waals surface area contributed by atoms with Crippen molar-refractivity contribution in [3.8, 4) is 0 Å². The van der Waals surface area contributed by atoms with E-state index in [1.54, 1.807) is 6.07 Å². The predicted molar refractivity (Wildman–Crippen MR) is 90.4 cm³/mol. The third kappa shape index (κ3) is 3.63. The number of ether oxygens (including phenoxy) is 1. The first kappa shape index (κ1) is 18.1. The van der Waals surface area contributed by atoms with Crippen LogP contribution in [0, 0.1) is 0 Å². The first-order valence-electron chi connectivity index (χ1n) is 8.68. The van der Waals surface area contributed by atoms with E-state index in [0.29, 0.717) is 50.7 Å². The Hall–Kier alpha value is -1.70. The van der Waals surface area contributed by atoms with Gasteiger partial charge in [-0.25, -0.2) is 0 Å². The molecular weight excluding hydrogens is 335 g/mol. The van der Waals surface area contributed by atoms with Gasteiger partial charge in [-0.05, 0) is 26.2 Å². The Balaban J connectivity index is 2.01. The summed E-state index contributed by atoms with van der Waals surface area (Å²) in [5.74, 6) is 0.336. The molecule has 3 heterocycles. The molecule has 8 heteroatoms. The first-order chi connectivity index (χ1) is 11.8. The van der Waals surface area contributed by atoms with E-state index in [0.717, 1.165) is 0 Å². The molecule has 5 nitrogen and oxygen atoms in total. The highest BCUT2D eigenvalue weighted by atomic mass is 19.4. The molecule has 0 N–H and O–H groups in total. The van der Waals surface area contributed by atoms with Crippen LogP contribution >= 0.6 is 0 Å². The molecule has 2 atom stereocenters. The van der Waals surface area contributed by atoms with E-state index >= 15 is 0 Å². The van der Waals surface area contributed by atoms with Crippen LogP contribution in [0.15, 0.2) is 16.9 Å². The largest absolute Gasteiger partial charge is 0.408 e. The van der Waals surface area contributed by atoms with E-state index in [1.165, 1.54) is 22.6 Å². The van der Waals surface area contributed by atoms with Crippen molar-refractivity contribution in [1.29, 1.82) is 0 Å². The minimum atomic E-state index is -4.31. The number of piperidine rings is 1. The lowest BCUT2D eigenvalue weighted by molar-refractivity contribution is -0.152. The average molecular weight is 359 g/mol. The van der Waals surface area contributed by atoms with Crippen LogP contribution < -0.4 is 15.4 Å². The predicted octanol–water partition coefficient (Wildman–Crippen LogP) is 2.53. The van der Waals surface area contributed by atoms with Crippen LogP contribution in [0.1, 0.15) is 26.2 Å². The van der Waals surface area contributed by atoms with Crippen LogP contribution in [0.2, 0.25) is 0 Å². The van der Waals surface area contributed by atoms with Gasteiger partial charge < -0.3 is 14.5 Å². The monoisotopic (exact) mass is 359 g/mol. The summed E-state index contributed by atoms with van der Waals surface area (Å²) in [6.07, 6.45) is -3.00. The number of nitrogens with zero attached hydrogens (tertiary/aromatic N) is 3. The van der Waals surface area contributed by atoms with Gasteiger partial charge in [0.15, 0.2) is 0 Å². The molecule has 2 aliphatic rings. The Morgan fingerprint density at radius 1 is 1.16 bits per heavy atom. The molecule has 140 valence electrons. The third-order valence-electron chi connectivity index (χ3n) is 5.10. The van der Waals surface area contributed by atoms with E-state index < -0.39 is 12.2 Å². The van der Waals surface area contributed by atoms with Gasteiger partial charge in [-0.1, -0.05) is 0 Å². The zero-order chi connectivity index (χ0) is 18.2. The van der Waals surface area contributed by atoms with Gasteiger partial charge in [-0.2, -0.15) is 13.2 Å². The van der Waals surface area contributed by atoms with Gasteiger partial charge in [-0.3, -0.25) is 9.36 Å². The number of pyridine rings is 1. The Bertz CT molecular complexity index is 674. The number of halogens is 3. The van der Waals surface area contributed by atoms with Crippen molar-refractivity contribution >= 4 is 11.5 Å². The van der Waals surface area contributed by atoms with Gasteiger partial charge in [0.2, 0.25) is 0 Å². The average Bonchev–Trinajstić information content (AvgIpc) is 2.57. The molecule has 1 aromatic rings. The van der Waals surface area contributed by atoms with Crippen molar-refractivity contribution in [3.63, 3.8) is 0 Å². The molecule has 0 radical (unpaired) electrons. The van der Waals surface area contributed by atoms with Crippen molar-refractivity contribution in [1.82, 2.24) is 4.57 Å². The molecule has 0 amide bonds. The lowest BCUT2D eigenvalue weighted by atomic mass is 10.0. The molecule has 2 fully saturated rings. The zero-order valence-electron chi connectivity index (χ0n) is 14.6. The smallest absolute Gasteiger partial charge is 0.377 e. The molecule has 2 saturated heterocycles. The fourth-order valence-corrected chi connectivity index (χ4v) is 3.71. The van der Waals surface area contributed by atoms with Gasteiger partial charge >= 0.3 is 6.18 Å². The molecular formula is C17H24F3N3O2. The van der Waals surface area contributed by atoms with Gasteiger partial charge in [0.1, 0.15) is 11.9 Å². The molecule has 2 aliphatic heterocycles. The molecule has 3 rings (SSSR count). The molecule has 0 bridgehead atoms. The van der Waals surface area contributed by atoms with Crippen LogP contribution in [0.4, 0.5) is 24.7 Å². The van der Waals surface area contributed by atoms with E-state index in [9.17, 15) is 18.0 Å². The maximum Gasteiger partial charge on any atom is 0.408 e. The van der Waals surface area contributed by atoms with E-state index in [2.05, 4.69) is 0 Å². The highest BCUT2D eigenvalue weighted by Crippen LogP contribution is 2.35. The SMILES string of the molecule is CC1COCCN1c1cc(N2CCCCC2C(F)(F)F)n(C)c(=O)c1. The lowest BCUT2D eigenvalue weighted by Crippen LogP contribution is -2.50. The number of hydrogen-bond acceptors (Lipinski definition) is 4. The fourth-order valence-electron chi connectivity index (χ4n) is 3.71. The van der Waals surface area contributed by atoms with Crippen LogP contribution in [-0.2, 0) is 11.8 Å². The molecule has 0 aromatic carbocycles. The maximum atomic E-state index is 13.5. The van der Waals surface area contributed by atoms with Crippen LogP contribution in [0.3, 0.4) is 0 Å². The summed E-state index contributed by atoms with van der Waals surface area (Å²) >= 11 is 0. The van der Waals surface area contributed by atoms with Gasteiger partial charge in [0.05, 0.1) is 13.2 Å². The van der Waals surface area contributed by atoms with Gasteiger partial charge in [0.25, 0.3) is 5.56 Å². The van der Waals surface area contributed by atoms with Crippen molar-refractivity contribution in [2.45, 2.75) is 44.4 Å². The molecule has 0 spiro atoms. The highest BCUT2D eigenvalue weighted by molar-refractivity contribution is 5.57. The third-order valence-corrected chi connectivity index (χ3v) is 5.10. The Kier molecular flexibility index (Phi) is 4.99. The number of hydrogen-bond donors (Lipinski definition) is 0. The molecule has 1 aromatic heterocycles. The Labute approximate surface area is 145 Å². The second-order valence-corrected chi connectivity index (χ2v) is 6.83. The quantitative estimate of drug-likeness (QED) is 0.813. The van der Waals surface area contributed by atoms with Crippen molar-refractivity contribution in [2.24, 2.45) is 7.05 Å². The Morgan fingerprint density at radius 3 is 2.60 bits per heavy atom. The minimum absolute atomic E-state index is 0.0654. The van der Waals surface area contributed by atoms with Crippen LogP contribution in [0.5, 0.6) is 0 Å². The molecule has 25 heavy (non-hydrogen) atoms. The normalized spacial score (nSPS) is 25.3. The number of anilines is 2. The minimum Gasteiger partial charge on any atom is -0.377 e. The van der Waals surface area contributed by atoms with Crippen LogP contribution in [-0.4, -0.2) is 49.1 Å². The van der Waals surface area contributed by atoms with E-state index in [4.69, 9.17) is 4.74 Å². The zero-order valence-corrected chi connectivity index (χ0v) is 14.6. The topological polar surface area (TPSA) is 37.7 Å². The fraction of sp³-hybridized carbons (Fsp3) is 0.706. The van der Waals surface area contributed by atoms with Gasteiger partial charge in [-0.15, -0.1) is 0 Å². The number of rotatable bonds is 2. The summed E-state index contributed by atoms with van der Waals surface area (Å²) in [4.78, 5) is 15.8. The van der Waals surface area contributed by atoms with Crippen molar-refractivity contribution in [2.75, 3.05) is 36.1 Å². The maximum absolute atomic E-state index is 13.5. The second-order valence-electron chi connectivity index (χ2n) is 6.83. The van der Waals surface area contributed by atoms with Crippen LogP contribution in [0.25, 0.3) is 0 Å². The van der Waals surface area contributed by atoms with Crippen molar-refractivity contribution < 1.29 is 17.9 Å². The van der Waals surface area contributed by atoms with Gasteiger partial charge in [0, 0.05) is 44.0 Å². The summed E-state index contributed by atoms with van der Waals surface area (Å²) < 4.78 is 47.1. The lowest BCUT2D eigenvalue weighted by Gasteiger charge is -2.40. The number of morpholine rings is 1. The summed E-state index contributed by atoms with van der Waals surface area (Å²) in [7, 11) is 1.53. The summed E-state index contributed by atoms with van der Waals surface area (Å²) in [6, 6.07) is 1.75. The number of aromatic nitrogens is 1. The van der Waals surface area contributed by atoms with Crippen molar-refractivity contribution in [3.05, 3.63) is 22.5 Å². The summed E-state index contributed by atoms with van der Waals surface area (Å²) in [5, 5.41) is 0. The molecule has 0 saturated carbocycles. The molecule has 0 aliphatic carbocycles. The second kappa shape index (κ2) is 6.90. The molecule has 2 unspecified atom stereocenters. The first-order valence-corrected chi connectivity index (χ1v) is 8.68. The highest BCUT2D eigenvalue weighted by Gasteiger charge is 2.45.